The molecule has 2 heterocycles. The standard InChI is InChI=1S/C23H31FN4O2/c1-15(2)28-16(3)11-21(17(28)4)22(29)27-10-6-7-18(14-27)13-25-23(30)26-20-9-5-8-19(24)12-20/h5,8-9,11-12,15,18H,6-7,10,13-14H2,1-4H3,(H2,25,26,30). The highest BCUT2D eigenvalue weighted by molar-refractivity contribution is 5.96. The first-order chi connectivity index (χ1) is 14.3. The molecule has 1 fully saturated rings. The lowest BCUT2D eigenvalue weighted by atomic mass is 9.97. The summed E-state index contributed by atoms with van der Waals surface area (Å²) in [6, 6.07) is 7.70. The number of aryl methyl sites for hydroxylation is 1. The van der Waals surface area contributed by atoms with Gasteiger partial charge in [-0.1, -0.05) is 6.07 Å². The molecule has 1 aromatic heterocycles. The summed E-state index contributed by atoms with van der Waals surface area (Å²) in [4.78, 5) is 27.2. The van der Waals surface area contributed by atoms with Gasteiger partial charge in [0.05, 0.1) is 5.56 Å². The number of hydrogen-bond acceptors (Lipinski definition) is 2. The van der Waals surface area contributed by atoms with E-state index >= 15 is 0 Å². The highest BCUT2D eigenvalue weighted by Gasteiger charge is 2.27. The molecule has 1 atom stereocenters. The van der Waals surface area contributed by atoms with Crippen molar-refractivity contribution in [2.75, 3.05) is 25.0 Å². The highest BCUT2D eigenvalue weighted by Crippen LogP contribution is 2.24. The largest absolute Gasteiger partial charge is 0.346 e. The maximum atomic E-state index is 13.2. The van der Waals surface area contributed by atoms with Gasteiger partial charge in [0.15, 0.2) is 0 Å². The molecule has 0 radical (unpaired) electrons. The zero-order chi connectivity index (χ0) is 21.8. The number of halogens is 1. The van der Waals surface area contributed by atoms with Gasteiger partial charge >= 0.3 is 6.03 Å². The molecule has 0 aliphatic carbocycles. The number of piperidine rings is 1. The maximum absolute atomic E-state index is 13.2. The smallest absolute Gasteiger partial charge is 0.319 e. The third-order valence-corrected chi connectivity index (χ3v) is 5.67. The van der Waals surface area contributed by atoms with Crippen molar-refractivity contribution >= 4 is 17.6 Å². The summed E-state index contributed by atoms with van der Waals surface area (Å²) in [7, 11) is 0. The second kappa shape index (κ2) is 9.32. The van der Waals surface area contributed by atoms with Gasteiger partial charge in [0.1, 0.15) is 5.82 Å². The predicted octanol–water partition coefficient (Wildman–Crippen LogP) is 4.50. The molecule has 2 aromatic rings. The first-order valence-corrected chi connectivity index (χ1v) is 10.5. The topological polar surface area (TPSA) is 66.4 Å². The van der Waals surface area contributed by atoms with Crippen LogP contribution in [0.25, 0.3) is 0 Å². The third kappa shape index (κ3) is 5.01. The molecular formula is C23H31FN4O2. The Morgan fingerprint density at radius 2 is 2.00 bits per heavy atom. The molecule has 3 amide bonds. The van der Waals surface area contributed by atoms with E-state index in [-0.39, 0.29) is 17.9 Å². The number of nitrogens with zero attached hydrogens (tertiary/aromatic N) is 2. The average molecular weight is 415 g/mol. The van der Waals surface area contributed by atoms with Crippen molar-refractivity contribution < 1.29 is 14.0 Å². The minimum Gasteiger partial charge on any atom is -0.346 e. The van der Waals surface area contributed by atoms with Crippen molar-refractivity contribution in [3.8, 4) is 0 Å². The zero-order valence-corrected chi connectivity index (χ0v) is 18.2. The van der Waals surface area contributed by atoms with Crippen molar-refractivity contribution in [1.29, 1.82) is 0 Å². The molecule has 7 heteroatoms. The van der Waals surface area contributed by atoms with Crippen LogP contribution < -0.4 is 10.6 Å². The van der Waals surface area contributed by atoms with Gasteiger partial charge in [0.25, 0.3) is 5.91 Å². The number of carbonyl (C=O) groups excluding carboxylic acids is 2. The monoisotopic (exact) mass is 414 g/mol. The van der Waals surface area contributed by atoms with Crippen LogP contribution in [0.1, 0.15) is 54.5 Å². The third-order valence-electron chi connectivity index (χ3n) is 5.67. The normalized spacial score (nSPS) is 16.6. The zero-order valence-electron chi connectivity index (χ0n) is 18.2. The van der Waals surface area contributed by atoms with Crippen LogP contribution in [-0.4, -0.2) is 41.0 Å². The van der Waals surface area contributed by atoms with Crippen molar-refractivity contribution in [3.63, 3.8) is 0 Å². The molecule has 3 rings (SSSR count). The number of carbonyl (C=O) groups is 2. The summed E-state index contributed by atoms with van der Waals surface area (Å²) in [5.41, 5.74) is 3.27. The van der Waals surface area contributed by atoms with Gasteiger partial charge < -0.3 is 20.1 Å². The fourth-order valence-electron chi connectivity index (χ4n) is 4.35. The van der Waals surface area contributed by atoms with Crippen molar-refractivity contribution in [2.45, 2.75) is 46.6 Å². The molecule has 162 valence electrons. The minimum absolute atomic E-state index is 0.0592. The first-order valence-electron chi connectivity index (χ1n) is 10.5. The summed E-state index contributed by atoms with van der Waals surface area (Å²) < 4.78 is 15.4. The second-order valence-electron chi connectivity index (χ2n) is 8.35. The number of likely N-dealkylation sites (tertiary alicyclic amines) is 1. The van der Waals surface area contributed by atoms with E-state index in [1.54, 1.807) is 12.1 Å². The van der Waals surface area contributed by atoms with Crippen LogP contribution in [0.2, 0.25) is 0 Å². The molecule has 2 N–H and O–H groups in total. The number of anilines is 1. The lowest BCUT2D eigenvalue weighted by Gasteiger charge is -2.33. The Morgan fingerprint density at radius 1 is 1.23 bits per heavy atom. The van der Waals surface area contributed by atoms with Gasteiger partial charge in [-0.05, 0) is 70.7 Å². The Morgan fingerprint density at radius 3 is 2.67 bits per heavy atom. The van der Waals surface area contributed by atoms with E-state index in [0.717, 1.165) is 36.3 Å². The SMILES string of the molecule is Cc1cc(C(=O)N2CCCC(CNC(=O)Nc3cccc(F)c3)C2)c(C)n1C(C)C. The molecule has 1 aliphatic rings. The van der Waals surface area contributed by atoms with Crippen LogP contribution in [0.3, 0.4) is 0 Å². The number of urea groups is 1. The lowest BCUT2D eigenvalue weighted by Crippen LogP contribution is -2.44. The molecule has 1 unspecified atom stereocenters. The Balaban J connectivity index is 1.57. The van der Waals surface area contributed by atoms with Crippen molar-refractivity contribution in [1.82, 2.24) is 14.8 Å². The Hall–Kier alpha value is -2.83. The van der Waals surface area contributed by atoms with E-state index < -0.39 is 5.82 Å². The van der Waals surface area contributed by atoms with Gasteiger partial charge in [-0.25, -0.2) is 9.18 Å². The van der Waals surface area contributed by atoms with Crippen LogP contribution in [0.5, 0.6) is 0 Å². The predicted molar refractivity (Wildman–Crippen MR) is 116 cm³/mol. The highest BCUT2D eigenvalue weighted by atomic mass is 19.1. The number of hydrogen-bond donors (Lipinski definition) is 2. The van der Waals surface area contributed by atoms with E-state index in [0.29, 0.717) is 24.8 Å². The van der Waals surface area contributed by atoms with E-state index in [1.807, 2.05) is 24.8 Å². The van der Waals surface area contributed by atoms with E-state index in [1.165, 1.54) is 12.1 Å². The molecular weight excluding hydrogens is 383 g/mol. The van der Waals surface area contributed by atoms with Gasteiger partial charge in [-0.2, -0.15) is 0 Å². The minimum atomic E-state index is -0.397. The summed E-state index contributed by atoms with van der Waals surface area (Å²) in [6.45, 7) is 10.1. The number of benzene rings is 1. The lowest BCUT2D eigenvalue weighted by molar-refractivity contribution is 0.0674. The van der Waals surface area contributed by atoms with Gasteiger partial charge in [0.2, 0.25) is 0 Å². The van der Waals surface area contributed by atoms with Gasteiger partial charge in [0, 0.05) is 42.8 Å². The molecule has 1 aliphatic heterocycles. The molecule has 0 saturated carbocycles. The number of amides is 3. The summed E-state index contributed by atoms with van der Waals surface area (Å²) >= 11 is 0. The summed E-state index contributed by atoms with van der Waals surface area (Å²) in [5.74, 6) is -0.149. The van der Waals surface area contributed by atoms with E-state index in [9.17, 15) is 14.0 Å². The average Bonchev–Trinajstić information content (AvgIpc) is 3.00. The van der Waals surface area contributed by atoms with Crippen LogP contribution >= 0.6 is 0 Å². The molecule has 1 saturated heterocycles. The van der Waals surface area contributed by atoms with Crippen molar-refractivity contribution in [3.05, 3.63) is 53.1 Å². The van der Waals surface area contributed by atoms with Crippen LogP contribution in [0.4, 0.5) is 14.9 Å². The molecule has 1 aromatic carbocycles. The Bertz CT molecular complexity index is 922. The molecule has 0 spiro atoms. The number of rotatable bonds is 5. The molecule has 0 bridgehead atoms. The van der Waals surface area contributed by atoms with E-state index in [2.05, 4.69) is 29.0 Å². The summed E-state index contributed by atoms with van der Waals surface area (Å²) in [5, 5.41) is 5.48. The van der Waals surface area contributed by atoms with Crippen LogP contribution in [-0.2, 0) is 0 Å². The first kappa shape index (κ1) is 21.9. The van der Waals surface area contributed by atoms with Crippen LogP contribution in [0, 0.1) is 25.6 Å². The quantitative estimate of drug-likeness (QED) is 0.757. The number of nitrogens with one attached hydrogen (secondary N) is 2. The Kier molecular flexibility index (Phi) is 6.80. The van der Waals surface area contributed by atoms with Crippen LogP contribution in [0.15, 0.2) is 30.3 Å². The Labute approximate surface area is 177 Å². The summed E-state index contributed by atoms with van der Waals surface area (Å²) in [6.07, 6.45) is 1.86. The van der Waals surface area contributed by atoms with Gasteiger partial charge in [-0.15, -0.1) is 0 Å². The van der Waals surface area contributed by atoms with E-state index in [4.69, 9.17) is 0 Å². The number of aromatic nitrogens is 1. The molecule has 30 heavy (non-hydrogen) atoms. The fraction of sp³-hybridized carbons (Fsp3) is 0.478. The maximum Gasteiger partial charge on any atom is 0.319 e. The second-order valence-corrected chi connectivity index (χ2v) is 8.35. The molecule has 6 nitrogen and oxygen atoms in total. The van der Waals surface area contributed by atoms with Crippen molar-refractivity contribution in [2.24, 2.45) is 5.92 Å². The van der Waals surface area contributed by atoms with Gasteiger partial charge in [-0.3, -0.25) is 4.79 Å². The fourth-order valence-corrected chi connectivity index (χ4v) is 4.35.